The van der Waals surface area contributed by atoms with Crippen LogP contribution in [0.15, 0.2) is 206 Å². The van der Waals surface area contributed by atoms with Gasteiger partial charge in [0.1, 0.15) is 0 Å². The van der Waals surface area contributed by atoms with Crippen LogP contribution in [-0.4, -0.2) is 16.1 Å². The molecule has 0 aliphatic heterocycles. The Kier molecular flexibility index (Phi) is 13.5. The van der Waals surface area contributed by atoms with Crippen LogP contribution in [-0.2, 0) is 16.2 Å². The van der Waals surface area contributed by atoms with Gasteiger partial charge in [0.25, 0.3) is 0 Å². The van der Waals surface area contributed by atoms with Gasteiger partial charge in [-0.15, -0.1) is 0 Å². The van der Waals surface area contributed by atoms with Crippen LogP contribution in [0.3, 0.4) is 0 Å². The Bertz CT molecular complexity index is 4080. The molecule has 0 saturated carbocycles. The first-order chi connectivity index (χ1) is 40.5. The van der Waals surface area contributed by atoms with Crippen molar-refractivity contribution >= 4 is 84.9 Å². The molecule has 0 spiro atoms. The predicted octanol–water partition coefficient (Wildman–Crippen LogP) is 21.6. The van der Waals surface area contributed by atoms with E-state index >= 15 is 0 Å². The van der Waals surface area contributed by atoms with Gasteiger partial charge in [0.15, 0.2) is 0 Å². The van der Waals surface area contributed by atoms with Crippen LogP contribution in [0.5, 0.6) is 0 Å². The van der Waals surface area contributed by atoms with Gasteiger partial charge >= 0.3 is 0 Å². The molecule has 0 unspecified atom stereocenters. The summed E-state index contributed by atoms with van der Waals surface area (Å²) in [6.45, 7) is 33.3. The summed E-state index contributed by atoms with van der Waals surface area (Å²) in [5.41, 5.74) is 30.2. The lowest BCUT2D eigenvalue weighted by atomic mass is 9.81. The van der Waals surface area contributed by atoms with Crippen LogP contribution >= 0.6 is 0 Å². The summed E-state index contributed by atoms with van der Waals surface area (Å²) >= 11 is 0. The molecule has 0 atom stereocenters. The zero-order chi connectivity index (χ0) is 59.5. The molecule has 3 aliphatic carbocycles. The van der Waals surface area contributed by atoms with Gasteiger partial charge in [-0.1, -0.05) is 261 Å². The number of para-hydroxylation sites is 2. The van der Waals surface area contributed by atoms with Crippen LogP contribution in [0, 0.1) is 13.8 Å². The molecule has 2 nitrogen and oxygen atoms in total. The second kappa shape index (κ2) is 20.5. The van der Waals surface area contributed by atoms with Crippen molar-refractivity contribution in [3.8, 4) is 33.4 Å². The topological polar surface area (TPSA) is 6.48 Å². The summed E-state index contributed by atoms with van der Waals surface area (Å²) < 4.78 is 0. The summed E-state index contributed by atoms with van der Waals surface area (Å²) in [5, 5.41) is 2.94. The van der Waals surface area contributed by atoms with Crippen molar-refractivity contribution in [3.63, 3.8) is 0 Å². The van der Waals surface area contributed by atoms with Crippen molar-refractivity contribution in [1.29, 1.82) is 0 Å². The van der Waals surface area contributed by atoms with Crippen molar-refractivity contribution < 1.29 is 0 Å². The lowest BCUT2D eigenvalue weighted by Crippen LogP contribution is -2.37. The van der Waals surface area contributed by atoms with Gasteiger partial charge in [-0.25, -0.2) is 0 Å². The summed E-state index contributed by atoms with van der Waals surface area (Å²) in [6, 6.07) is 78.7. The average molecular weight is 1140 g/mol. The maximum absolute atomic E-state index is 2.45. The van der Waals surface area contributed by atoms with Crippen molar-refractivity contribution in [3.05, 3.63) is 273 Å². The normalized spacial score (nSPS) is 14.9. The molecule has 0 fully saturated rings. The first-order valence-corrected chi connectivity index (χ1v) is 37.6. The maximum Gasteiger partial charge on any atom is 0.0775 e. The first-order valence-electron chi connectivity index (χ1n) is 30.6. The van der Waals surface area contributed by atoms with Gasteiger partial charge in [0.2, 0.25) is 0 Å². The molecule has 13 rings (SSSR count). The number of anilines is 6. The minimum Gasteiger partial charge on any atom is -0.310 e. The van der Waals surface area contributed by atoms with E-state index < -0.39 is 16.1 Å². The van der Waals surface area contributed by atoms with Crippen LogP contribution in [0.2, 0.25) is 39.3 Å². The van der Waals surface area contributed by atoms with Gasteiger partial charge in [0, 0.05) is 50.4 Å². The molecule has 0 radical (unpaired) electrons. The monoisotopic (exact) mass is 1140 g/mol. The second-order valence-corrected chi connectivity index (χ2v) is 38.2. The van der Waals surface area contributed by atoms with Crippen molar-refractivity contribution in [2.75, 3.05) is 9.80 Å². The zero-order valence-electron chi connectivity index (χ0n) is 52.3. The third kappa shape index (κ3) is 9.72. The van der Waals surface area contributed by atoms with Gasteiger partial charge in [-0.3, -0.25) is 0 Å². The lowest BCUT2D eigenvalue weighted by molar-refractivity contribution is 0.660. The first kappa shape index (κ1) is 55.9. The van der Waals surface area contributed by atoms with E-state index in [0.29, 0.717) is 0 Å². The number of hydrogen-bond donors (Lipinski definition) is 0. The Morgan fingerprint density at radius 3 is 0.800 bits per heavy atom. The van der Waals surface area contributed by atoms with Gasteiger partial charge in [-0.2, -0.15) is 0 Å². The number of rotatable bonds is 12. The smallest absolute Gasteiger partial charge is 0.0775 e. The number of aryl methyl sites for hydroxylation is 2. The van der Waals surface area contributed by atoms with E-state index in [0.717, 1.165) is 0 Å². The van der Waals surface area contributed by atoms with Gasteiger partial charge < -0.3 is 9.80 Å². The lowest BCUT2D eigenvalue weighted by Gasteiger charge is -2.29. The Labute approximate surface area is 508 Å². The molecule has 3 aliphatic rings. The highest BCUT2D eigenvalue weighted by Crippen LogP contribution is 2.54. The van der Waals surface area contributed by atoms with E-state index in [9.17, 15) is 0 Å². The van der Waals surface area contributed by atoms with Crippen LogP contribution in [0.4, 0.5) is 34.1 Å². The van der Waals surface area contributed by atoms with Crippen molar-refractivity contribution in [1.82, 2.24) is 0 Å². The Balaban J connectivity index is 0.728. The fourth-order valence-electron chi connectivity index (χ4n) is 14.0. The molecular formula is C81H80N2Si2. The summed E-state index contributed by atoms with van der Waals surface area (Å²) in [7, 11) is -2.90. The minimum absolute atomic E-state index is 0.152. The summed E-state index contributed by atoms with van der Waals surface area (Å²) in [4.78, 5) is 4.89. The molecule has 422 valence electrons. The van der Waals surface area contributed by atoms with Crippen LogP contribution in [0.25, 0.3) is 57.7 Å². The fraction of sp³-hybridized carbons (Fsp3) is 0.210. The number of hydrogen-bond acceptors (Lipinski definition) is 2. The average Bonchev–Trinajstić information content (AvgIpc) is 1.75. The molecule has 85 heavy (non-hydrogen) atoms. The SMILES string of the molecule is Cc1ccccc1N(c1ccc([Si](C)(C)C)cc1)c1ccc2c(c1)C(C)(C)c1cc(C=Cc3ccc4c(c3)C(C)(C)c3cc(C=Cc5ccc6c(c5)C(C)(C)c5cc(N(c7ccc([Si](C)(C)C)cc7)c7ccccc7C)ccc5-6)ccc3-4)ccc1-2. The molecule has 0 bridgehead atoms. The largest absolute Gasteiger partial charge is 0.310 e. The third-order valence-electron chi connectivity index (χ3n) is 19.2. The third-order valence-corrected chi connectivity index (χ3v) is 23.4. The zero-order valence-corrected chi connectivity index (χ0v) is 54.3. The van der Waals surface area contributed by atoms with Crippen LogP contribution in [0.1, 0.15) is 108 Å². The Morgan fingerprint density at radius 1 is 0.282 bits per heavy atom. The van der Waals surface area contributed by atoms with E-state index in [-0.39, 0.29) is 16.2 Å². The second-order valence-electron chi connectivity index (χ2n) is 28.1. The number of fused-ring (bicyclic) bond motifs is 9. The highest BCUT2D eigenvalue weighted by atomic mass is 28.3. The quantitative estimate of drug-likeness (QED) is 0.0889. The highest BCUT2D eigenvalue weighted by molar-refractivity contribution is 6.89. The van der Waals surface area contributed by atoms with Crippen molar-refractivity contribution in [2.24, 2.45) is 0 Å². The van der Waals surface area contributed by atoms with Crippen LogP contribution < -0.4 is 20.2 Å². The van der Waals surface area contributed by atoms with E-state index in [1.54, 1.807) is 0 Å². The van der Waals surface area contributed by atoms with Gasteiger partial charge in [-0.05, 0) is 175 Å². The van der Waals surface area contributed by atoms with E-state index in [1.807, 2.05) is 0 Å². The molecule has 0 heterocycles. The predicted molar refractivity (Wildman–Crippen MR) is 375 cm³/mol. The van der Waals surface area contributed by atoms with Crippen molar-refractivity contribution in [2.45, 2.75) is 111 Å². The minimum atomic E-state index is -1.45. The van der Waals surface area contributed by atoms with E-state index in [2.05, 4.69) is 335 Å². The standard InChI is InChI=1S/C81H80N2Si2/c1-53-19-15-17-21-77(53)82(59-31-37-63(38-32-59)84(9,10)11)61-35-45-69-67-43-29-57(49-73(67)80(5,6)75(69)51-61)25-23-55-27-41-65-66-42-28-56(48-72(66)79(3,4)71(65)47-55)24-26-58-30-44-68-70-46-36-62(52-76(70)81(7,8)74(68)50-58)83(78-22-18-16-20-54(78)2)60-33-39-64(40-34-60)85(12,13)14/h15-52H,1-14H3. The Hall–Kier alpha value is -8.29. The van der Waals surface area contributed by atoms with Gasteiger partial charge in [0.05, 0.1) is 16.1 Å². The number of nitrogens with zero attached hydrogens (tertiary/aromatic N) is 2. The molecule has 0 saturated heterocycles. The molecule has 0 aromatic heterocycles. The summed E-state index contributed by atoms with van der Waals surface area (Å²) in [6.07, 6.45) is 9.22. The molecule has 10 aromatic carbocycles. The fourth-order valence-corrected chi connectivity index (χ4v) is 16.4. The Morgan fingerprint density at radius 2 is 0.529 bits per heavy atom. The highest BCUT2D eigenvalue weighted by Gasteiger charge is 2.39. The van der Waals surface area contributed by atoms with E-state index in [1.165, 1.54) is 145 Å². The molecule has 0 amide bonds. The molecule has 4 heteroatoms. The molecule has 0 N–H and O–H groups in total. The van der Waals surface area contributed by atoms with E-state index in [4.69, 9.17) is 0 Å². The summed E-state index contributed by atoms with van der Waals surface area (Å²) in [5.74, 6) is 0. The maximum atomic E-state index is 2.45. The molecule has 10 aromatic rings. The number of benzene rings is 10. The molecular weight excluding hydrogens is 1060 g/mol.